The molecule has 7 aromatic rings. The van der Waals surface area contributed by atoms with Crippen molar-refractivity contribution in [1.29, 1.82) is 0 Å². The number of benzene rings is 4. The molecule has 4 aromatic carbocycles. The molecule has 0 unspecified atom stereocenters. The van der Waals surface area contributed by atoms with E-state index in [1.165, 1.54) is 76.4 Å². The summed E-state index contributed by atoms with van der Waals surface area (Å²) in [6.45, 7) is 9.52. The number of nitrogens with zero attached hydrogens (tertiary/aromatic N) is 1. The van der Waals surface area contributed by atoms with Crippen LogP contribution in [0, 0.1) is 0 Å². The largest absolute Gasteiger partial charge is 0.340 e. The molecular formula is C42H43N3S2. The van der Waals surface area contributed by atoms with Crippen LogP contribution in [0.2, 0.25) is 0 Å². The Hall–Kier alpha value is -4.00. The number of hydrogen-bond donors (Lipinski definition) is 2. The van der Waals surface area contributed by atoms with Gasteiger partial charge in [-0.1, -0.05) is 86.1 Å². The minimum atomic E-state index is 0.315. The van der Waals surface area contributed by atoms with Gasteiger partial charge in [0.05, 0.1) is 0 Å². The molecule has 0 bridgehead atoms. The lowest BCUT2D eigenvalue weighted by Crippen LogP contribution is -2.17. The predicted octanol–water partition coefficient (Wildman–Crippen LogP) is 11.8. The normalized spacial score (nSPS) is 13.0. The second-order valence-electron chi connectivity index (χ2n) is 12.5. The molecule has 7 rings (SSSR count). The van der Waals surface area contributed by atoms with Crippen LogP contribution in [0.3, 0.4) is 0 Å². The summed E-state index contributed by atoms with van der Waals surface area (Å²) >= 11 is 3.78. The quantitative estimate of drug-likeness (QED) is 0.130. The van der Waals surface area contributed by atoms with Crippen LogP contribution in [0.1, 0.15) is 66.6 Å². The second kappa shape index (κ2) is 14.4. The van der Waals surface area contributed by atoms with E-state index in [0.717, 1.165) is 19.6 Å². The van der Waals surface area contributed by atoms with E-state index in [1.54, 1.807) is 0 Å². The van der Waals surface area contributed by atoms with Gasteiger partial charge in [-0.25, -0.2) is 0 Å². The molecule has 0 radical (unpaired) electrons. The van der Waals surface area contributed by atoms with Gasteiger partial charge in [-0.2, -0.15) is 0 Å². The molecule has 3 heterocycles. The lowest BCUT2D eigenvalue weighted by Gasteiger charge is -2.13. The van der Waals surface area contributed by atoms with Gasteiger partial charge in [0.2, 0.25) is 0 Å². The Balaban J connectivity index is 1.14. The third-order valence-electron chi connectivity index (χ3n) is 9.26. The fraction of sp³-hybridized carbons (Fsp3) is 0.238. The molecule has 0 amide bonds. The zero-order valence-electron chi connectivity index (χ0n) is 27.5. The summed E-state index contributed by atoms with van der Waals surface area (Å²) in [5, 5.41) is 10.1. The van der Waals surface area contributed by atoms with E-state index in [9.17, 15) is 0 Å². The average molecular weight is 654 g/mol. The zero-order valence-corrected chi connectivity index (χ0v) is 29.1. The van der Waals surface area contributed by atoms with E-state index in [0.29, 0.717) is 12.1 Å². The second-order valence-corrected chi connectivity index (χ2v) is 14.9. The molecule has 0 saturated heterocycles. The highest BCUT2D eigenvalue weighted by atomic mass is 32.1. The van der Waals surface area contributed by atoms with Crippen LogP contribution in [0.15, 0.2) is 121 Å². The van der Waals surface area contributed by atoms with Crippen molar-refractivity contribution in [1.82, 2.24) is 15.2 Å². The van der Waals surface area contributed by atoms with Gasteiger partial charge >= 0.3 is 0 Å². The number of aryl methyl sites for hydroxylation is 1. The van der Waals surface area contributed by atoms with Gasteiger partial charge < -0.3 is 15.2 Å². The maximum Gasteiger partial charge on any atom is 0.0491 e. The van der Waals surface area contributed by atoms with Crippen molar-refractivity contribution in [3.63, 3.8) is 0 Å². The molecule has 5 heteroatoms. The van der Waals surface area contributed by atoms with Gasteiger partial charge in [-0.15, -0.1) is 22.7 Å². The molecule has 2 N–H and O–H groups in total. The first-order chi connectivity index (χ1) is 23.1. The van der Waals surface area contributed by atoms with Crippen LogP contribution >= 0.6 is 22.7 Å². The summed E-state index contributed by atoms with van der Waals surface area (Å²) < 4.78 is 2.53. The van der Waals surface area contributed by atoms with E-state index in [2.05, 4.69) is 157 Å². The molecule has 0 spiro atoms. The fourth-order valence-corrected chi connectivity index (χ4v) is 8.36. The summed E-state index contributed by atoms with van der Waals surface area (Å²) in [4.78, 5) is 5.36. The van der Waals surface area contributed by atoms with E-state index >= 15 is 0 Å². The maximum atomic E-state index is 3.71. The van der Waals surface area contributed by atoms with Crippen LogP contribution in [-0.2, 0) is 19.6 Å². The smallest absolute Gasteiger partial charge is 0.0491 e. The highest BCUT2D eigenvalue weighted by Gasteiger charge is 2.15. The van der Waals surface area contributed by atoms with Crippen molar-refractivity contribution in [3.8, 4) is 20.9 Å². The molecular weight excluding hydrogens is 611 g/mol. The van der Waals surface area contributed by atoms with Gasteiger partial charge in [0, 0.05) is 73.0 Å². The first-order valence-corrected chi connectivity index (χ1v) is 18.5. The van der Waals surface area contributed by atoms with Crippen molar-refractivity contribution in [2.24, 2.45) is 0 Å². The Labute approximate surface area is 286 Å². The van der Waals surface area contributed by atoms with Gasteiger partial charge in [-0.3, -0.25) is 0 Å². The van der Waals surface area contributed by atoms with Crippen molar-refractivity contribution in [2.75, 3.05) is 0 Å². The summed E-state index contributed by atoms with van der Waals surface area (Å²) in [7, 11) is 0. The van der Waals surface area contributed by atoms with E-state index in [-0.39, 0.29) is 0 Å². The third kappa shape index (κ3) is 7.00. The molecule has 3 aromatic heterocycles. The minimum absolute atomic E-state index is 0.315. The molecule has 3 nitrogen and oxygen atoms in total. The number of hydrogen-bond acceptors (Lipinski definition) is 4. The van der Waals surface area contributed by atoms with E-state index in [4.69, 9.17) is 0 Å². The molecule has 238 valence electrons. The van der Waals surface area contributed by atoms with Crippen LogP contribution < -0.4 is 10.6 Å². The molecule has 2 atom stereocenters. The van der Waals surface area contributed by atoms with Crippen molar-refractivity contribution in [2.45, 2.75) is 65.3 Å². The van der Waals surface area contributed by atoms with E-state index in [1.807, 2.05) is 22.7 Å². The van der Waals surface area contributed by atoms with Crippen molar-refractivity contribution < 1.29 is 0 Å². The Morgan fingerprint density at radius 3 is 1.49 bits per heavy atom. The standard InChI is InChI=1S/C42H43N3S2/c1-4-5-24-45-39-20-16-33(41-22-18-35(46-41)27-43-29(2)31-12-8-6-9-13-31)25-37(39)38-26-34(17-21-40(38)45)42-23-19-36(47-42)28-44-30(3)32-14-10-7-11-15-32/h6-23,25-26,29-30,43-44H,4-5,24,27-28H2,1-3H3/t29-,30-/m1/s1. The zero-order chi connectivity index (χ0) is 32.2. The highest BCUT2D eigenvalue weighted by Crippen LogP contribution is 2.38. The summed E-state index contributed by atoms with van der Waals surface area (Å²) in [6, 6.07) is 45.3. The predicted molar refractivity (Wildman–Crippen MR) is 204 cm³/mol. The molecule has 47 heavy (non-hydrogen) atoms. The Kier molecular flexibility index (Phi) is 9.68. The number of unbranched alkanes of at least 4 members (excludes halogenated alkanes) is 1. The fourth-order valence-electron chi connectivity index (χ4n) is 6.45. The van der Waals surface area contributed by atoms with Gasteiger partial charge in [0.25, 0.3) is 0 Å². The Morgan fingerprint density at radius 1 is 0.574 bits per heavy atom. The third-order valence-corrected chi connectivity index (χ3v) is 11.5. The van der Waals surface area contributed by atoms with Crippen LogP contribution in [0.4, 0.5) is 0 Å². The number of nitrogens with one attached hydrogen (secondary N) is 2. The van der Waals surface area contributed by atoms with Gasteiger partial charge in [0.15, 0.2) is 0 Å². The van der Waals surface area contributed by atoms with Gasteiger partial charge in [-0.05, 0) is 91.1 Å². The summed E-state index contributed by atoms with van der Waals surface area (Å²) in [5.41, 5.74) is 7.89. The highest BCUT2D eigenvalue weighted by molar-refractivity contribution is 7.15. The van der Waals surface area contributed by atoms with Crippen LogP contribution in [0.5, 0.6) is 0 Å². The Bertz CT molecular complexity index is 1920. The average Bonchev–Trinajstić information content (AvgIpc) is 3.87. The molecule has 0 saturated carbocycles. The minimum Gasteiger partial charge on any atom is -0.340 e. The summed E-state index contributed by atoms with van der Waals surface area (Å²) in [5.74, 6) is 0. The van der Waals surface area contributed by atoms with Crippen molar-refractivity contribution >= 4 is 44.5 Å². The Morgan fingerprint density at radius 2 is 1.04 bits per heavy atom. The summed E-state index contributed by atoms with van der Waals surface area (Å²) in [6.07, 6.45) is 2.36. The molecule has 0 aliphatic heterocycles. The monoisotopic (exact) mass is 653 g/mol. The number of thiophene rings is 2. The maximum absolute atomic E-state index is 3.71. The molecule has 0 fully saturated rings. The lowest BCUT2D eigenvalue weighted by atomic mass is 10.1. The van der Waals surface area contributed by atoms with E-state index < -0.39 is 0 Å². The van der Waals surface area contributed by atoms with Crippen LogP contribution in [0.25, 0.3) is 42.7 Å². The molecule has 0 aliphatic carbocycles. The number of aromatic nitrogens is 1. The van der Waals surface area contributed by atoms with Crippen molar-refractivity contribution in [3.05, 3.63) is 142 Å². The SMILES string of the molecule is CCCCn1c2ccc(-c3ccc(CN[C@H](C)c4ccccc4)s3)cc2c2cc(-c3ccc(CN[C@H](C)c4ccccc4)s3)ccc21. The first-order valence-electron chi connectivity index (χ1n) is 16.9. The first kappa shape index (κ1) is 31.6. The molecule has 0 aliphatic rings. The lowest BCUT2D eigenvalue weighted by molar-refractivity contribution is 0.579. The topological polar surface area (TPSA) is 29.0 Å². The number of fused-ring (bicyclic) bond motifs is 3. The van der Waals surface area contributed by atoms with Crippen LogP contribution in [-0.4, -0.2) is 4.57 Å². The number of rotatable bonds is 13. The van der Waals surface area contributed by atoms with Gasteiger partial charge in [0.1, 0.15) is 0 Å².